The van der Waals surface area contributed by atoms with Crippen LogP contribution in [-0.4, -0.2) is 17.6 Å². The number of hydrogen-bond donors (Lipinski definition) is 2. The van der Waals surface area contributed by atoms with Gasteiger partial charge in [0, 0.05) is 12.3 Å². The zero-order chi connectivity index (χ0) is 19.4. The molecule has 0 fully saturated rings. The second-order valence-corrected chi connectivity index (χ2v) is 7.54. The lowest BCUT2D eigenvalue weighted by atomic mass is 9.88. The van der Waals surface area contributed by atoms with Crippen LogP contribution in [0.15, 0.2) is 84.9 Å². The molecule has 3 nitrogen and oxygen atoms in total. The Labute approximate surface area is 166 Å². The van der Waals surface area contributed by atoms with E-state index in [-0.39, 0.29) is 18.4 Å². The summed E-state index contributed by atoms with van der Waals surface area (Å²) in [6, 6.07) is 28.2. The molecular weight excluding hydrogens is 346 g/mol. The summed E-state index contributed by atoms with van der Waals surface area (Å²) in [5.74, 6) is -0.0524. The Morgan fingerprint density at radius 2 is 1.46 bits per heavy atom. The fourth-order valence-electron chi connectivity index (χ4n) is 4.15. The van der Waals surface area contributed by atoms with Gasteiger partial charge in [0.05, 0.1) is 6.54 Å². The molecular formula is C25H25NO2. The number of aryl methyl sites for hydroxylation is 1. The lowest BCUT2D eigenvalue weighted by Crippen LogP contribution is -2.39. The maximum Gasteiger partial charge on any atom is 0.221 e. The number of aliphatic hydroxyl groups is 1. The molecule has 1 aliphatic carbocycles. The van der Waals surface area contributed by atoms with Crippen LogP contribution < -0.4 is 5.32 Å². The van der Waals surface area contributed by atoms with Crippen molar-refractivity contribution in [2.45, 2.75) is 30.8 Å². The average Bonchev–Trinajstić information content (AvgIpc) is 3.09. The lowest BCUT2D eigenvalue weighted by molar-refractivity contribution is -0.122. The van der Waals surface area contributed by atoms with Crippen molar-refractivity contribution in [3.8, 4) is 0 Å². The molecule has 3 heteroatoms. The zero-order valence-corrected chi connectivity index (χ0v) is 15.8. The number of hydrogen-bond acceptors (Lipinski definition) is 2. The topological polar surface area (TPSA) is 49.3 Å². The fraction of sp³-hybridized carbons (Fsp3) is 0.240. The van der Waals surface area contributed by atoms with Gasteiger partial charge in [-0.25, -0.2) is 0 Å². The Kier molecular flexibility index (Phi) is 5.27. The van der Waals surface area contributed by atoms with Gasteiger partial charge < -0.3 is 10.4 Å². The maximum atomic E-state index is 12.8. The molecule has 1 atom stereocenters. The van der Waals surface area contributed by atoms with E-state index in [2.05, 4.69) is 35.6 Å². The van der Waals surface area contributed by atoms with E-state index in [4.69, 9.17) is 0 Å². The summed E-state index contributed by atoms with van der Waals surface area (Å²) in [5, 5.41) is 14.0. The van der Waals surface area contributed by atoms with Gasteiger partial charge in [0.1, 0.15) is 5.60 Å². The summed E-state index contributed by atoms with van der Waals surface area (Å²) < 4.78 is 0. The van der Waals surface area contributed by atoms with Crippen molar-refractivity contribution in [2.75, 3.05) is 6.54 Å². The highest BCUT2D eigenvalue weighted by Crippen LogP contribution is 2.36. The van der Waals surface area contributed by atoms with Crippen molar-refractivity contribution in [3.05, 3.63) is 107 Å². The molecule has 28 heavy (non-hydrogen) atoms. The maximum absolute atomic E-state index is 12.8. The van der Waals surface area contributed by atoms with E-state index < -0.39 is 5.60 Å². The lowest BCUT2D eigenvalue weighted by Gasteiger charge is -2.25. The molecule has 1 unspecified atom stereocenters. The number of nitrogens with one attached hydrogen (secondary N) is 1. The van der Waals surface area contributed by atoms with Crippen LogP contribution in [0, 0.1) is 0 Å². The van der Waals surface area contributed by atoms with Crippen LogP contribution >= 0.6 is 0 Å². The van der Waals surface area contributed by atoms with Gasteiger partial charge in [0.2, 0.25) is 5.91 Å². The molecule has 0 heterocycles. The standard InChI is InChI=1S/C25H25NO2/c27-24(26-18-25(28)16-15-21-13-7-8-14-23(21)25)17-22(19-9-3-1-4-10-19)20-11-5-2-6-12-20/h1-14,22,28H,15-18H2,(H,26,27). The molecule has 1 amide bonds. The van der Waals surface area contributed by atoms with Crippen molar-refractivity contribution in [3.63, 3.8) is 0 Å². The van der Waals surface area contributed by atoms with Crippen LogP contribution in [0.25, 0.3) is 0 Å². The predicted octanol–water partition coefficient (Wildman–Crippen LogP) is 4.16. The first-order valence-electron chi connectivity index (χ1n) is 9.83. The first kappa shape index (κ1) is 18.5. The Morgan fingerprint density at radius 3 is 2.11 bits per heavy atom. The predicted molar refractivity (Wildman–Crippen MR) is 111 cm³/mol. The molecule has 0 saturated heterocycles. The number of carbonyl (C=O) groups is 1. The zero-order valence-electron chi connectivity index (χ0n) is 15.8. The van der Waals surface area contributed by atoms with Crippen LogP contribution in [0.1, 0.15) is 41.0 Å². The Hall–Kier alpha value is -2.91. The van der Waals surface area contributed by atoms with Crippen molar-refractivity contribution >= 4 is 5.91 Å². The Balaban J connectivity index is 1.47. The number of fused-ring (bicyclic) bond motifs is 1. The summed E-state index contributed by atoms with van der Waals surface area (Å²) in [4.78, 5) is 12.8. The third kappa shape index (κ3) is 3.85. The molecule has 142 valence electrons. The minimum Gasteiger partial charge on any atom is -0.383 e. The number of amides is 1. The second kappa shape index (κ2) is 7.99. The normalized spacial score (nSPS) is 18.1. The summed E-state index contributed by atoms with van der Waals surface area (Å²) in [6.45, 7) is 0.249. The largest absolute Gasteiger partial charge is 0.383 e. The first-order valence-corrected chi connectivity index (χ1v) is 9.83. The SMILES string of the molecule is O=C(CC(c1ccccc1)c1ccccc1)NCC1(O)CCc2ccccc21. The number of benzene rings is 3. The van der Waals surface area contributed by atoms with Crippen LogP contribution in [0.4, 0.5) is 0 Å². The highest BCUT2D eigenvalue weighted by atomic mass is 16.3. The summed E-state index contributed by atoms with van der Waals surface area (Å²) in [6.07, 6.45) is 1.85. The first-order chi connectivity index (χ1) is 13.7. The molecule has 1 aliphatic rings. The highest BCUT2D eigenvalue weighted by Gasteiger charge is 2.36. The van der Waals surface area contributed by atoms with Crippen molar-refractivity contribution in [1.29, 1.82) is 0 Å². The van der Waals surface area contributed by atoms with Gasteiger partial charge in [0.15, 0.2) is 0 Å². The average molecular weight is 371 g/mol. The van der Waals surface area contributed by atoms with E-state index >= 15 is 0 Å². The minimum absolute atomic E-state index is 0.00657. The highest BCUT2D eigenvalue weighted by molar-refractivity contribution is 5.77. The molecule has 3 aromatic rings. The molecule has 2 N–H and O–H groups in total. The molecule has 0 radical (unpaired) electrons. The van der Waals surface area contributed by atoms with Gasteiger partial charge in [-0.2, -0.15) is 0 Å². The fourth-order valence-corrected chi connectivity index (χ4v) is 4.15. The molecule has 0 aromatic heterocycles. The Morgan fingerprint density at radius 1 is 0.893 bits per heavy atom. The summed E-state index contributed by atoms with van der Waals surface area (Å²) >= 11 is 0. The van der Waals surface area contributed by atoms with E-state index in [9.17, 15) is 9.90 Å². The minimum atomic E-state index is -0.971. The van der Waals surface area contributed by atoms with Crippen LogP contribution in [0.5, 0.6) is 0 Å². The molecule has 0 aliphatic heterocycles. The van der Waals surface area contributed by atoms with E-state index in [0.717, 1.165) is 23.1 Å². The van der Waals surface area contributed by atoms with Crippen molar-refractivity contribution in [1.82, 2.24) is 5.32 Å². The molecule has 0 spiro atoms. The second-order valence-electron chi connectivity index (χ2n) is 7.54. The van der Waals surface area contributed by atoms with Gasteiger partial charge >= 0.3 is 0 Å². The van der Waals surface area contributed by atoms with Gasteiger partial charge in [-0.05, 0) is 35.1 Å². The molecule has 0 bridgehead atoms. The smallest absolute Gasteiger partial charge is 0.221 e. The number of carbonyl (C=O) groups excluding carboxylic acids is 1. The van der Waals surface area contributed by atoms with E-state index in [1.165, 1.54) is 5.56 Å². The Bertz CT molecular complexity index is 900. The third-order valence-electron chi connectivity index (χ3n) is 5.70. The van der Waals surface area contributed by atoms with Crippen LogP contribution in [0.2, 0.25) is 0 Å². The molecule has 0 saturated carbocycles. The van der Waals surface area contributed by atoms with Crippen molar-refractivity contribution in [2.24, 2.45) is 0 Å². The van der Waals surface area contributed by atoms with Gasteiger partial charge in [0.25, 0.3) is 0 Å². The van der Waals surface area contributed by atoms with E-state index in [1.807, 2.05) is 54.6 Å². The molecule has 4 rings (SSSR count). The summed E-state index contributed by atoms with van der Waals surface area (Å²) in [7, 11) is 0. The van der Waals surface area contributed by atoms with Gasteiger partial charge in [-0.3, -0.25) is 4.79 Å². The van der Waals surface area contributed by atoms with Gasteiger partial charge in [-0.1, -0.05) is 84.9 Å². The van der Waals surface area contributed by atoms with E-state index in [0.29, 0.717) is 12.8 Å². The molecule has 3 aromatic carbocycles. The van der Waals surface area contributed by atoms with Gasteiger partial charge in [-0.15, -0.1) is 0 Å². The van der Waals surface area contributed by atoms with Crippen LogP contribution in [-0.2, 0) is 16.8 Å². The van der Waals surface area contributed by atoms with E-state index in [1.54, 1.807) is 0 Å². The van der Waals surface area contributed by atoms with Crippen molar-refractivity contribution < 1.29 is 9.90 Å². The monoisotopic (exact) mass is 371 g/mol. The third-order valence-corrected chi connectivity index (χ3v) is 5.70. The van der Waals surface area contributed by atoms with Crippen LogP contribution in [0.3, 0.4) is 0 Å². The quantitative estimate of drug-likeness (QED) is 0.684. The summed E-state index contributed by atoms with van der Waals surface area (Å²) in [5.41, 5.74) is 3.38. The number of rotatable bonds is 6.